The summed E-state index contributed by atoms with van der Waals surface area (Å²) in [7, 11) is 0. The first-order chi connectivity index (χ1) is 17.9. The van der Waals surface area contributed by atoms with Gasteiger partial charge in [0, 0.05) is 35.7 Å². The van der Waals surface area contributed by atoms with Crippen LogP contribution in [-0.4, -0.2) is 80.7 Å². The molecule has 0 aliphatic rings. The van der Waals surface area contributed by atoms with Crippen molar-refractivity contribution < 1.29 is 39.0 Å². The van der Waals surface area contributed by atoms with Gasteiger partial charge in [0.25, 0.3) is 0 Å². The zero-order chi connectivity index (χ0) is 28.4. The van der Waals surface area contributed by atoms with Gasteiger partial charge in [-0.15, -0.1) is 0 Å². The minimum absolute atomic E-state index is 0.0203. The molecular weight excluding hydrogens is 520 g/mol. The molecule has 0 bridgehead atoms. The molecule has 4 atom stereocenters. The van der Waals surface area contributed by atoms with E-state index in [0.717, 1.165) is 10.9 Å². The Hall–Kier alpha value is -4.11. The second kappa shape index (κ2) is 14.0. The number of hydrogen-bond donors (Lipinski definition) is 9. The predicted octanol–water partition coefficient (Wildman–Crippen LogP) is -1.75. The van der Waals surface area contributed by atoms with E-state index in [1.807, 2.05) is 18.2 Å². The summed E-state index contributed by atoms with van der Waals surface area (Å²) in [5.74, 6) is -6.34. The number of hydrogen-bond acceptors (Lipinski definition) is 8. The van der Waals surface area contributed by atoms with Gasteiger partial charge in [-0.2, -0.15) is 12.6 Å². The fourth-order valence-electron chi connectivity index (χ4n) is 3.56. The lowest BCUT2D eigenvalue weighted by Gasteiger charge is -2.24. The van der Waals surface area contributed by atoms with E-state index in [1.165, 1.54) is 0 Å². The van der Waals surface area contributed by atoms with Crippen LogP contribution in [0, 0.1) is 0 Å². The molecule has 14 nitrogen and oxygen atoms in total. The van der Waals surface area contributed by atoms with Crippen LogP contribution in [0.4, 0.5) is 0 Å². The summed E-state index contributed by atoms with van der Waals surface area (Å²) in [4.78, 5) is 74.9. The van der Waals surface area contributed by atoms with E-state index in [-0.39, 0.29) is 25.0 Å². The number of carboxylic acids is 2. The number of carboxylic acid groups (broad SMARTS) is 2. The molecule has 0 saturated heterocycles. The number of benzene rings is 1. The average molecular weight is 551 g/mol. The molecule has 2 aromatic rings. The molecule has 0 radical (unpaired) electrons. The van der Waals surface area contributed by atoms with Crippen LogP contribution in [0.5, 0.6) is 0 Å². The quantitative estimate of drug-likeness (QED) is 0.114. The molecule has 206 valence electrons. The number of aliphatic carboxylic acids is 2. The normalized spacial score (nSPS) is 14.1. The number of thiol groups is 1. The summed E-state index contributed by atoms with van der Waals surface area (Å²) in [5, 5.41) is 25.9. The SMILES string of the molecule is NC(=O)CC(NC(=O)C(CS)NC(=O)C(Cc1c[nH]c2ccccc12)NC(=O)C(N)CCC(=O)O)C(=O)O. The maximum absolute atomic E-state index is 13.2. The Morgan fingerprint density at radius 3 is 2.13 bits per heavy atom. The third-order valence-electron chi connectivity index (χ3n) is 5.57. The maximum Gasteiger partial charge on any atom is 0.326 e. The Balaban J connectivity index is 2.23. The number of aromatic nitrogens is 1. The van der Waals surface area contributed by atoms with E-state index in [9.17, 15) is 33.9 Å². The van der Waals surface area contributed by atoms with Crippen LogP contribution in [0.2, 0.25) is 0 Å². The first-order valence-electron chi connectivity index (χ1n) is 11.5. The summed E-state index contributed by atoms with van der Waals surface area (Å²) in [5.41, 5.74) is 12.3. The third-order valence-corrected chi connectivity index (χ3v) is 5.94. The highest BCUT2D eigenvalue weighted by atomic mass is 32.1. The van der Waals surface area contributed by atoms with Gasteiger partial charge in [0.1, 0.15) is 18.1 Å². The van der Waals surface area contributed by atoms with Crippen molar-refractivity contribution in [2.75, 3.05) is 5.75 Å². The molecule has 4 amide bonds. The van der Waals surface area contributed by atoms with Crippen molar-refractivity contribution in [2.45, 2.75) is 49.9 Å². The Morgan fingerprint density at radius 1 is 0.921 bits per heavy atom. The molecule has 2 rings (SSSR count). The molecule has 0 saturated carbocycles. The zero-order valence-electron chi connectivity index (χ0n) is 20.2. The van der Waals surface area contributed by atoms with Crippen LogP contribution in [0.25, 0.3) is 10.9 Å². The van der Waals surface area contributed by atoms with Crippen molar-refractivity contribution in [2.24, 2.45) is 11.5 Å². The molecule has 4 unspecified atom stereocenters. The number of rotatable bonds is 15. The lowest BCUT2D eigenvalue weighted by Crippen LogP contribution is -2.58. The standard InChI is InChI=1S/C23H30N6O8S/c24-13(5-6-19(31)32)20(33)27-15(7-11-9-26-14-4-2-1-3-12(11)14)21(34)29-17(10-38)22(35)28-16(23(36)37)8-18(25)30/h1-4,9,13,15-17,26,38H,5-8,10,24H2,(H2,25,30)(H,27,33)(H,28,35)(H,29,34)(H,31,32)(H,36,37). The molecule has 0 aliphatic heterocycles. The number of H-pyrrole nitrogens is 1. The maximum atomic E-state index is 13.2. The fourth-order valence-corrected chi connectivity index (χ4v) is 3.82. The van der Waals surface area contributed by atoms with Gasteiger partial charge < -0.3 is 42.6 Å². The van der Waals surface area contributed by atoms with Crippen molar-refractivity contribution in [1.29, 1.82) is 0 Å². The van der Waals surface area contributed by atoms with Crippen molar-refractivity contribution in [3.63, 3.8) is 0 Å². The van der Waals surface area contributed by atoms with Crippen molar-refractivity contribution >= 4 is 59.1 Å². The van der Waals surface area contributed by atoms with Gasteiger partial charge >= 0.3 is 11.9 Å². The molecule has 15 heteroatoms. The number of nitrogens with one attached hydrogen (secondary N) is 4. The van der Waals surface area contributed by atoms with Gasteiger partial charge in [-0.1, -0.05) is 18.2 Å². The fraction of sp³-hybridized carbons (Fsp3) is 0.391. The first kappa shape index (κ1) is 30.1. The topological polar surface area (TPSA) is 247 Å². The number of aromatic amines is 1. The summed E-state index contributed by atoms with van der Waals surface area (Å²) in [6.07, 6.45) is 0.452. The molecule has 1 aromatic heterocycles. The van der Waals surface area contributed by atoms with Gasteiger partial charge in [0.05, 0.1) is 12.5 Å². The highest BCUT2D eigenvalue weighted by Crippen LogP contribution is 2.19. The Labute approximate surface area is 222 Å². The number of para-hydroxylation sites is 1. The molecule has 0 fully saturated rings. The zero-order valence-corrected chi connectivity index (χ0v) is 21.1. The summed E-state index contributed by atoms with van der Waals surface area (Å²) in [6.45, 7) is 0. The minimum atomic E-state index is -1.62. The molecule has 38 heavy (non-hydrogen) atoms. The molecule has 10 N–H and O–H groups in total. The van der Waals surface area contributed by atoms with E-state index in [4.69, 9.17) is 16.6 Å². The molecule has 0 aliphatic carbocycles. The lowest BCUT2D eigenvalue weighted by atomic mass is 10.0. The van der Waals surface area contributed by atoms with Gasteiger partial charge in [-0.3, -0.25) is 24.0 Å². The third kappa shape index (κ3) is 8.77. The van der Waals surface area contributed by atoms with Crippen LogP contribution in [0.15, 0.2) is 30.5 Å². The van der Waals surface area contributed by atoms with Crippen molar-refractivity contribution in [3.8, 4) is 0 Å². The van der Waals surface area contributed by atoms with Gasteiger partial charge in [0.2, 0.25) is 23.6 Å². The minimum Gasteiger partial charge on any atom is -0.481 e. The number of amides is 4. The molecule has 0 spiro atoms. The predicted molar refractivity (Wildman–Crippen MR) is 138 cm³/mol. The number of carbonyl (C=O) groups excluding carboxylic acids is 4. The van der Waals surface area contributed by atoms with E-state index in [2.05, 4.69) is 33.6 Å². The smallest absolute Gasteiger partial charge is 0.326 e. The summed E-state index contributed by atoms with van der Waals surface area (Å²) < 4.78 is 0. The largest absolute Gasteiger partial charge is 0.481 e. The highest BCUT2D eigenvalue weighted by Gasteiger charge is 2.31. The van der Waals surface area contributed by atoms with Crippen molar-refractivity contribution in [3.05, 3.63) is 36.0 Å². The second-order valence-electron chi connectivity index (χ2n) is 8.48. The van der Waals surface area contributed by atoms with Crippen molar-refractivity contribution in [1.82, 2.24) is 20.9 Å². The van der Waals surface area contributed by atoms with E-state index in [0.29, 0.717) is 5.56 Å². The molecular formula is C23H30N6O8S. The van der Waals surface area contributed by atoms with Crippen LogP contribution < -0.4 is 27.4 Å². The van der Waals surface area contributed by atoms with E-state index >= 15 is 0 Å². The number of fused-ring (bicyclic) bond motifs is 1. The summed E-state index contributed by atoms with van der Waals surface area (Å²) >= 11 is 4.05. The lowest BCUT2D eigenvalue weighted by molar-refractivity contribution is -0.143. The van der Waals surface area contributed by atoms with Crippen LogP contribution in [0.3, 0.4) is 0 Å². The Kier molecular flexibility index (Phi) is 11.1. The summed E-state index contributed by atoms with van der Waals surface area (Å²) in [6, 6.07) is 1.84. The van der Waals surface area contributed by atoms with E-state index in [1.54, 1.807) is 12.3 Å². The van der Waals surface area contributed by atoms with Gasteiger partial charge in [-0.05, 0) is 18.1 Å². The van der Waals surface area contributed by atoms with Gasteiger partial charge in [0.15, 0.2) is 0 Å². The molecule has 1 aromatic carbocycles. The molecule has 1 heterocycles. The first-order valence-corrected chi connectivity index (χ1v) is 12.1. The second-order valence-corrected chi connectivity index (χ2v) is 8.84. The average Bonchev–Trinajstić information content (AvgIpc) is 3.27. The van der Waals surface area contributed by atoms with E-state index < -0.39 is 66.2 Å². The van der Waals surface area contributed by atoms with Gasteiger partial charge in [-0.25, -0.2) is 4.79 Å². The Bertz CT molecular complexity index is 1200. The van der Waals surface area contributed by atoms with Crippen LogP contribution in [-0.2, 0) is 35.2 Å². The number of primary amides is 1. The van der Waals surface area contributed by atoms with Crippen LogP contribution >= 0.6 is 12.6 Å². The monoisotopic (exact) mass is 550 g/mol. The van der Waals surface area contributed by atoms with Crippen LogP contribution in [0.1, 0.15) is 24.8 Å². The number of carbonyl (C=O) groups is 6. The number of nitrogens with two attached hydrogens (primary N) is 2. The Morgan fingerprint density at radius 2 is 1.53 bits per heavy atom. The highest BCUT2D eigenvalue weighted by molar-refractivity contribution is 7.80.